The number of carbonyl (C=O) groups is 1. The van der Waals surface area contributed by atoms with Crippen molar-refractivity contribution in [3.05, 3.63) is 35.4 Å². The maximum atomic E-state index is 12.2. The maximum absolute atomic E-state index is 12.2. The van der Waals surface area contributed by atoms with E-state index in [2.05, 4.69) is 50.4 Å². The fourth-order valence-electron chi connectivity index (χ4n) is 2.01. The fraction of sp³-hybridized carbons (Fsp3) is 0.562. The third kappa shape index (κ3) is 5.88. The highest BCUT2D eigenvalue weighted by Crippen LogP contribution is 2.08. The Balaban J connectivity index is 2.56. The van der Waals surface area contributed by atoms with Gasteiger partial charge in [0, 0.05) is 26.1 Å². The molecule has 1 rings (SSSR count). The number of hydrogen-bond acceptors (Lipinski definition) is 2. The third-order valence-electron chi connectivity index (χ3n) is 3.11. The van der Waals surface area contributed by atoms with Crippen LogP contribution in [0.4, 0.5) is 0 Å². The number of rotatable bonds is 8. The van der Waals surface area contributed by atoms with E-state index in [1.807, 2.05) is 4.90 Å². The SMILES string of the molecule is CCCN(Cc1ccc(C)cc1)C(=O)CCNCC. The van der Waals surface area contributed by atoms with Gasteiger partial charge < -0.3 is 10.2 Å². The highest BCUT2D eigenvalue weighted by molar-refractivity contribution is 5.76. The van der Waals surface area contributed by atoms with E-state index in [4.69, 9.17) is 0 Å². The van der Waals surface area contributed by atoms with Crippen LogP contribution in [0.1, 0.15) is 37.8 Å². The van der Waals surface area contributed by atoms with Gasteiger partial charge >= 0.3 is 0 Å². The number of nitrogens with one attached hydrogen (secondary N) is 1. The molecule has 0 aromatic heterocycles. The van der Waals surface area contributed by atoms with Crippen molar-refractivity contribution in [3.63, 3.8) is 0 Å². The minimum Gasteiger partial charge on any atom is -0.338 e. The summed E-state index contributed by atoms with van der Waals surface area (Å²) in [4.78, 5) is 14.1. The molecule has 19 heavy (non-hydrogen) atoms. The van der Waals surface area contributed by atoms with E-state index >= 15 is 0 Å². The first-order valence-electron chi connectivity index (χ1n) is 7.21. The summed E-state index contributed by atoms with van der Waals surface area (Å²) in [5.74, 6) is 0.239. The molecule has 3 heteroatoms. The molecule has 0 unspecified atom stereocenters. The molecule has 0 heterocycles. The first-order valence-corrected chi connectivity index (χ1v) is 7.21. The number of amides is 1. The van der Waals surface area contributed by atoms with Crippen molar-refractivity contribution in [1.29, 1.82) is 0 Å². The lowest BCUT2D eigenvalue weighted by molar-refractivity contribution is -0.131. The number of nitrogens with zero attached hydrogens (tertiary/aromatic N) is 1. The predicted octanol–water partition coefficient (Wildman–Crippen LogP) is 2.73. The van der Waals surface area contributed by atoms with Crippen LogP contribution < -0.4 is 5.32 Å². The summed E-state index contributed by atoms with van der Waals surface area (Å²) in [5, 5.41) is 3.20. The van der Waals surface area contributed by atoms with Crippen LogP contribution in [0.5, 0.6) is 0 Å². The second kappa shape index (κ2) is 8.70. The molecule has 0 bridgehead atoms. The van der Waals surface area contributed by atoms with Gasteiger partial charge in [0.15, 0.2) is 0 Å². The molecule has 0 saturated carbocycles. The van der Waals surface area contributed by atoms with Crippen LogP contribution in [0.15, 0.2) is 24.3 Å². The highest BCUT2D eigenvalue weighted by Gasteiger charge is 2.12. The predicted molar refractivity (Wildman–Crippen MR) is 80.0 cm³/mol. The number of benzene rings is 1. The minimum atomic E-state index is 0.239. The van der Waals surface area contributed by atoms with Crippen molar-refractivity contribution in [2.75, 3.05) is 19.6 Å². The third-order valence-corrected chi connectivity index (χ3v) is 3.11. The maximum Gasteiger partial charge on any atom is 0.224 e. The van der Waals surface area contributed by atoms with E-state index in [9.17, 15) is 4.79 Å². The average Bonchev–Trinajstić information content (AvgIpc) is 2.41. The van der Waals surface area contributed by atoms with Gasteiger partial charge in [0.25, 0.3) is 0 Å². The summed E-state index contributed by atoms with van der Waals surface area (Å²) in [7, 11) is 0. The lowest BCUT2D eigenvalue weighted by Crippen LogP contribution is -2.33. The van der Waals surface area contributed by atoms with Crippen LogP contribution >= 0.6 is 0 Å². The molecule has 1 amide bonds. The normalized spacial score (nSPS) is 10.5. The Morgan fingerprint density at radius 1 is 1.21 bits per heavy atom. The van der Waals surface area contributed by atoms with Crippen molar-refractivity contribution in [2.45, 2.75) is 40.2 Å². The quantitative estimate of drug-likeness (QED) is 0.731. The largest absolute Gasteiger partial charge is 0.338 e. The van der Waals surface area contributed by atoms with Crippen LogP contribution in [0.3, 0.4) is 0 Å². The number of aryl methyl sites for hydroxylation is 1. The summed E-state index contributed by atoms with van der Waals surface area (Å²) >= 11 is 0. The monoisotopic (exact) mass is 262 g/mol. The molecule has 1 aromatic rings. The fourth-order valence-corrected chi connectivity index (χ4v) is 2.01. The van der Waals surface area contributed by atoms with Gasteiger partial charge in [-0.2, -0.15) is 0 Å². The Morgan fingerprint density at radius 3 is 2.47 bits per heavy atom. The summed E-state index contributed by atoms with van der Waals surface area (Å²) in [6, 6.07) is 8.41. The van der Waals surface area contributed by atoms with Crippen molar-refractivity contribution >= 4 is 5.91 Å². The molecule has 0 aliphatic rings. The molecular formula is C16H26N2O. The lowest BCUT2D eigenvalue weighted by Gasteiger charge is -2.22. The summed E-state index contributed by atoms with van der Waals surface area (Å²) in [6.45, 7) is 9.48. The molecule has 106 valence electrons. The van der Waals surface area contributed by atoms with Crippen LogP contribution in [-0.4, -0.2) is 30.4 Å². The smallest absolute Gasteiger partial charge is 0.224 e. The molecule has 0 fully saturated rings. The lowest BCUT2D eigenvalue weighted by atomic mass is 10.1. The Hall–Kier alpha value is -1.35. The van der Waals surface area contributed by atoms with E-state index in [0.29, 0.717) is 6.42 Å². The van der Waals surface area contributed by atoms with Crippen LogP contribution in [0.25, 0.3) is 0 Å². The molecule has 3 nitrogen and oxygen atoms in total. The Kier molecular flexibility index (Phi) is 7.19. The van der Waals surface area contributed by atoms with Crippen molar-refractivity contribution in [3.8, 4) is 0 Å². The van der Waals surface area contributed by atoms with E-state index in [1.165, 1.54) is 11.1 Å². The second-order valence-electron chi connectivity index (χ2n) is 4.90. The molecule has 0 spiro atoms. The molecule has 0 atom stereocenters. The average molecular weight is 262 g/mol. The first kappa shape index (κ1) is 15.7. The van der Waals surface area contributed by atoms with Gasteiger partial charge in [-0.25, -0.2) is 0 Å². The first-order chi connectivity index (χ1) is 9.17. The van der Waals surface area contributed by atoms with Gasteiger partial charge in [0.1, 0.15) is 0 Å². The zero-order chi connectivity index (χ0) is 14.1. The van der Waals surface area contributed by atoms with Crippen LogP contribution in [-0.2, 0) is 11.3 Å². The van der Waals surface area contributed by atoms with Gasteiger partial charge in [0.2, 0.25) is 5.91 Å². The van der Waals surface area contributed by atoms with Crippen molar-refractivity contribution in [1.82, 2.24) is 10.2 Å². The Bertz CT molecular complexity index is 373. The van der Waals surface area contributed by atoms with Crippen LogP contribution in [0.2, 0.25) is 0 Å². The molecule has 1 aromatic carbocycles. The van der Waals surface area contributed by atoms with Crippen molar-refractivity contribution in [2.24, 2.45) is 0 Å². The van der Waals surface area contributed by atoms with Gasteiger partial charge in [-0.05, 0) is 25.5 Å². The molecule has 0 saturated heterocycles. The molecule has 0 aliphatic heterocycles. The number of hydrogen-bond donors (Lipinski definition) is 1. The standard InChI is InChI=1S/C16H26N2O/c1-4-12-18(16(19)10-11-17-5-2)13-15-8-6-14(3)7-9-15/h6-9,17H,4-5,10-13H2,1-3H3. The Labute approximate surface area is 117 Å². The molecule has 1 N–H and O–H groups in total. The summed E-state index contributed by atoms with van der Waals surface area (Å²) in [6.07, 6.45) is 1.58. The topological polar surface area (TPSA) is 32.3 Å². The zero-order valence-electron chi connectivity index (χ0n) is 12.4. The highest BCUT2D eigenvalue weighted by atomic mass is 16.2. The van der Waals surface area contributed by atoms with Crippen molar-refractivity contribution < 1.29 is 4.79 Å². The zero-order valence-corrected chi connectivity index (χ0v) is 12.4. The number of carbonyl (C=O) groups excluding carboxylic acids is 1. The van der Waals surface area contributed by atoms with Gasteiger partial charge in [-0.3, -0.25) is 4.79 Å². The summed E-state index contributed by atoms with van der Waals surface area (Å²) in [5.41, 5.74) is 2.46. The van der Waals surface area contributed by atoms with E-state index in [-0.39, 0.29) is 5.91 Å². The Morgan fingerprint density at radius 2 is 1.89 bits per heavy atom. The van der Waals surface area contributed by atoms with Gasteiger partial charge in [-0.15, -0.1) is 0 Å². The van der Waals surface area contributed by atoms with Gasteiger partial charge in [0.05, 0.1) is 0 Å². The minimum absolute atomic E-state index is 0.239. The second-order valence-corrected chi connectivity index (χ2v) is 4.90. The van der Waals surface area contributed by atoms with E-state index < -0.39 is 0 Å². The van der Waals surface area contributed by atoms with E-state index in [0.717, 1.165) is 32.6 Å². The molecular weight excluding hydrogens is 236 g/mol. The van der Waals surface area contributed by atoms with Crippen LogP contribution in [0, 0.1) is 6.92 Å². The van der Waals surface area contributed by atoms with E-state index in [1.54, 1.807) is 0 Å². The molecule has 0 radical (unpaired) electrons. The van der Waals surface area contributed by atoms with Gasteiger partial charge in [-0.1, -0.05) is 43.7 Å². The molecule has 0 aliphatic carbocycles. The summed E-state index contributed by atoms with van der Waals surface area (Å²) < 4.78 is 0.